The summed E-state index contributed by atoms with van der Waals surface area (Å²) in [5.74, 6) is -2.47. The van der Waals surface area contributed by atoms with Gasteiger partial charge >= 0.3 is 5.97 Å². The summed E-state index contributed by atoms with van der Waals surface area (Å²) in [6, 6.07) is 11.4. The van der Waals surface area contributed by atoms with Crippen molar-refractivity contribution in [2.45, 2.75) is 12.0 Å². The van der Waals surface area contributed by atoms with Gasteiger partial charge in [0.25, 0.3) is 11.6 Å². The lowest BCUT2D eigenvalue weighted by atomic mass is 9.79. The number of aliphatic carboxylic acids is 1. The molecule has 8 nitrogen and oxygen atoms in total. The Morgan fingerprint density at radius 2 is 2.00 bits per heavy atom. The molecule has 140 valence electrons. The van der Waals surface area contributed by atoms with Crippen LogP contribution in [0.1, 0.15) is 33.4 Å². The van der Waals surface area contributed by atoms with Crippen LogP contribution in [0.25, 0.3) is 0 Å². The molecule has 0 saturated heterocycles. The van der Waals surface area contributed by atoms with Crippen molar-refractivity contribution in [1.29, 1.82) is 0 Å². The number of rotatable bonds is 6. The van der Waals surface area contributed by atoms with Crippen LogP contribution in [0.5, 0.6) is 0 Å². The zero-order valence-corrected chi connectivity index (χ0v) is 14.6. The minimum atomic E-state index is -1.10. The van der Waals surface area contributed by atoms with Gasteiger partial charge in [0.05, 0.1) is 17.6 Å². The van der Waals surface area contributed by atoms with E-state index in [4.69, 9.17) is 4.74 Å². The smallest absolute Gasteiger partial charge is 0.313 e. The Hall–Kier alpha value is -3.26. The molecule has 0 fully saturated rings. The average Bonchev–Trinajstić information content (AvgIpc) is 2.66. The van der Waals surface area contributed by atoms with Crippen LogP contribution in [0, 0.1) is 10.1 Å². The van der Waals surface area contributed by atoms with Crippen LogP contribution < -0.4 is 0 Å². The van der Waals surface area contributed by atoms with E-state index in [0.29, 0.717) is 16.7 Å². The van der Waals surface area contributed by atoms with Gasteiger partial charge in [-0.05, 0) is 17.2 Å². The summed E-state index contributed by atoms with van der Waals surface area (Å²) >= 11 is 0. The highest BCUT2D eigenvalue weighted by molar-refractivity contribution is 6.00. The molecule has 0 bridgehead atoms. The van der Waals surface area contributed by atoms with Gasteiger partial charge in [-0.25, -0.2) is 0 Å². The van der Waals surface area contributed by atoms with Crippen LogP contribution in [0.3, 0.4) is 0 Å². The predicted molar refractivity (Wildman–Crippen MR) is 95.6 cm³/mol. The third-order valence-corrected chi connectivity index (χ3v) is 4.66. The van der Waals surface area contributed by atoms with Gasteiger partial charge in [0.1, 0.15) is 5.92 Å². The van der Waals surface area contributed by atoms with Crippen LogP contribution >= 0.6 is 0 Å². The van der Waals surface area contributed by atoms with Gasteiger partial charge < -0.3 is 14.7 Å². The van der Waals surface area contributed by atoms with Crippen LogP contribution in [0.4, 0.5) is 5.69 Å². The van der Waals surface area contributed by atoms with E-state index in [2.05, 4.69) is 0 Å². The number of carbonyl (C=O) groups is 2. The highest BCUT2D eigenvalue weighted by Gasteiger charge is 2.44. The molecule has 0 aromatic heterocycles. The normalized spacial score (nSPS) is 18.9. The molecule has 0 aliphatic carbocycles. The van der Waals surface area contributed by atoms with Crippen LogP contribution in [-0.4, -0.2) is 47.1 Å². The monoisotopic (exact) mass is 370 g/mol. The Kier molecular flexibility index (Phi) is 5.18. The third kappa shape index (κ3) is 3.39. The lowest BCUT2D eigenvalue weighted by molar-refractivity contribution is -0.385. The van der Waals surface area contributed by atoms with E-state index in [0.717, 1.165) is 0 Å². The number of ether oxygens (including phenoxy) is 1. The summed E-state index contributed by atoms with van der Waals surface area (Å²) in [4.78, 5) is 37.2. The molecule has 1 amide bonds. The number of carboxylic acid groups (broad SMARTS) is 1. The molecule has 27 heavy (non-hydrogen) atoms. The average molecular weight is 370 g/mol. The first kappa shape index (κ1) is 18.5. The van der Waals surface area contributed by atoms with Crippen molar-refractivity contribution in [3.63, 3.8) is 0 Å². The summed E-state index contributed by atoms with van der Waals surface area (Å²) in [6.07, 6.45) is 0. The number of nitro groups is 1. The van der Waals surface area contributed by atoms with Gasteiger partial charge in [0, 0.05) is 31.4 Å². The van der Waals surface area contributed by atoms with Gasteiger partial charge in [-0.3, -0.25) is 19.7 Å². The molecule has 1 heterocycles. The van der Waals surface area contributed by atoms with E-state index in [9.17, 15) is 24.8 Å². The number of fused-ring (bicyclic) bond motifs is 1. The van der Waals surface area contributed by atoms with Crippen molar-refractivity contribution >= 4 is 17.6 Å². The highest BCUT2D eigenvalue weighted by Crippen LogP contribution is 2.43. The third-order valence-electron chi connectivity index (χ3n) is 4.66. The maximum atomic E-state index is 13.0. The molecule has 2 aromatic carbocycles. The van der Waals surface area contributed by atoms with Gasteiger partial charge in [0.15, 0.2) is 0 Å². The summed E-state index contributed by atoms with van der Waals surface area (Å²) in [7, 11) is 1.49. The standard InChI is InChI=1S/C19H18N2O6/c1-27-10-9-20-17(12-5-4-6-13(11-12)21(25)26)16(19(23)24)14-7-2-3-8-15(14)18(20)22/h2-8,11,16-17H,9-10H2,1H3,(H,23,24). The van der Waals surface area contributed by atoms with Gasteiger partial charge in [-0.2, -0.15) is 0 Å². The fraction of sp³-hybridized carbons (Fsp3) is 0.263. The molecular formula is C19H18N2O6. The lowest BCUT2D eigenvalue weighted by Crippen LogP contribution is -2.46. The topological polar surface area (TPSA) is 110 Å². The SMILES string of the molecule is COCCN1C(=O)c2ccccc2C(C(=O)O)C1c1cccc([N+](=O)[O-])c1. The van der Waals surface area contributed by atoms with Gasteiger partial charge in [-0.1, -0.05) is 30.3 Å². The number of nitrogens with zero attached hydrogens (tertiary/aromatic N) is 2. The molecule has 2 atom stereocenters. The molecule has 0 saturated carbocycles. The second kappa shape index (κ2) is 7.55. The number of nitro benzene ring substituents is 1. The number of hydrogen-bond donors (Lipinski definition) is 1. The molecule has 3 rings (SSSR count). The van der Waals surface area contributed by atoms with E-state index in [-0.39, 0.29) is 24.7 Å². The van der Waals surface area contributed by atoms with Crippen molar-refractivity contribution in [3.05, 3.63) is 75.3 Å². The summed E-state index contributed by atoms with van der Waals surface area (Å²) < 4.78 is 5.07. The number of carbonyl (C=O) groups excluding carboxylic acids is 1. The maximum Gasteiger partial charge on any atom is 0.313 e. The minimum Gasteiger partial charge on any atom is -0.481 e. The van der Waals surface area contributed by atoms with E-state index >= 15 is 0 Å². The van der Waals surface area contributed by atoms with Gasteiger partial charge in [-0.15, -0.1) is 0 Å². The number of carboxylic acids is 1. The molecule has 2 unspecified atom stereocenters. The first-order valence-corrected chi connectivity index (χ1v) is 8.31. The Bertz CT molecular complexity index is 897. The molecule has 2 aromatic rings. The van der Waals surface area contributed by atoms with Crippen molar-refractivity contribution in [2.24, 2.45) is 0 Å². The molecule has 1 aliphatic heterocycles. The van der Waals surface area contributed by atoms with Crippen molar-refractivity contribution in [3.8, 4) is 0 Å². The molecule has 1 aliphatic rings. The first-order valence-electron chi connectivity index (χ1n) is 8.31. The van der Waals surface area contributed by atoms with E-state index in [1.54, 1.807) is 30.3 Å². The zero-order chi connectivity index (χ0) is 19.6. The molecule has 8 heteroatoms. The van der Waals surface area contributed by atoms with E-state index in [1.165, 1.54) is 30.2 Å². The highest BCUT2D eigenvalue weighted by atomic mass is 16.6. The fourth-order valence-corrected chi connectivity index (χ4v) is 3.49. The minimum absolute atomic E-state index is 0.158. The van der Waals surface area contributed by atoms with E-state index in [1.807, 2.05) is 0 Å². The number of methoxy groups -OCH3 is 1. The quantitative estimate of drug-likeness (QED) is 0.618. The molecule has 0 spiro atoms. The second-order valence-electron chi connectivity index (χ2n) is 6.19. The first-order chi connectivity index (χ1) is 13.0. The van der Waals surface area contributed by atoms with Crippen LogP contribution in [0.2, 0.25) is 0 Å². The molecule has 0 radical (unpaired) electrons. The zero-order valence-electron chi connectivity index (χ0n) is 14.6. The number of amides is 1. The summed E-state index contributed by atoms with van der Waals surface area (Å²) in [5, 5.41) is 21.1. The second-order valence-corrected chi connectivity index (χ2v) is 6.19. The van der Waals surface area contributed by atoms with Crippen LogP contribution in [0.15, 0.2) is 48.5 Å². The Morgan fingerprint density at radius 3 is 2.67 bits per heavy atom. The van der Waals surface area contributed by atoms with E-state index < -0.39 is 22.9 Å². The molecule has 1 N–H and O–H groups in total. The Morgan fingerprint density at radius 1 is 1.26 bits per heavy atom. The Balaban J connectivity index is 2.19. The number of benzene rings is 2. The number of hydrogen-bond acceptors (Lipinski definition) is 5. The lowest BCUT2D eigenvalue weighted by Gasteiger charge is -2.40. The van der Waals surface area contributed by atoms with Crippen molar-refractivity contribution in [1.82, 2.24) is 4.90 Å². The van der Waals surface area contributed by atoms with Crippen LogP contribution in [-0.2, 0) is 9.53 Å². The number of non-ortho nitro benzene ring substituents is 1. The Labute approximate surface area is 155 Å². The molecular weight excluding hydrogens is 352 g/mol. The fourth-order valence-electron chi connectivity index (χ4n) is 3.49. The van der Waals surface area contributed by atoms with Crippen molar-refractivity contribution < 1.29 is 24.4 Å². The predicted octanol–water partition coefficient (Wildman–Crippen LogP) is 2.61. The largest absolute Gasteiger partial charge is 0.481 e. The summed E-state index contributed by atoms with van der Waals surface area (Å²) in [6.45, 7) is 0.381. The van der Waals surface area contributed by atoms with Gasteiger partial charge in [0.2, 0.25) is 0 Å². The van der Waals surface area contributed by atoms with Crippen molar-refractivity contribution in [2.75, 3.05) is 20.3 Å². The summed E-state index contributed by atoms with van der Waals surface area (Å²) in [5.41, 5.74) is 0.966. The maximum absolute atomic E-state index is 13.0.